The van der Waals surface area contributed by atoms with Crippen molar-refractivity contribution in [1.82, 2.24) is 15.3 Å². The Morgan fingerprint density at radius 2 is 2.21 bits per heavy atom. The molecule has 1 unspecified atom stereocenters. The monoisotopic (exact) mass is 263 g/mol. The quantitative estimate of drug-likeness (QED) is 0.830. The third kappa shape index (κ3) is 3.74. The van der Waals surface area contributed by atoms with E-state index in [1.807, 2.05) is 6.92 Å². The summed E-state index contributed by atoms with van der Waals surface area (Å²) in [6, 6.07) is 2.05. The number of nitrogens with one attached hydrogen (secondary N) is 1. The summed E-state index contributed by atoms with van der Waals surface area (Å²) < 4.78 is 5.94. The third-order valence-corrected chi connectivity index (χ3v) is 3.58. The van der Waals surface area contributed by atoms with Gasteiger partial charge < -0.3 is 10.1 Å². The minimum atomic E-state index is -0.302. The van der Waals surface area contributed by atoms with E-state index in [0.717, 1.165) is 56.2 Å². The molecule has 1 N–H and O–H groups in total. The van der Waals surface area contributed by atoms with Gasteiger partial charge in [-0.1, -0.05) is 6.92 Å². The summed E-state index contributed by atoms with van der Waals surface area (Å²) in [7, 11) is 0. The van der Waals surface area contributed by atoms with Crippen LogP contribution in [0.15, 0.2) is 6.07 Å². The van der Waals surface area contributed by atoms with Crippen LogP contribution in [0.3, 0.4) is 0 Å². The normalized spacial score (nSPS) is 23.5. The lowest BCUT2D eigenvalue weighted by Crippen LogP contribution is -2.33. The highest BCUT2D eigenvalue weighted by atomic mass is 16.5. The molecule has 2 rings (SSSR count). The zero-order valence-electron chi connectivity index (χ0n) is 12.3. The van der Waals surface area contributed by atoms with Crippen LogP contribution < -0.4 is 5.32 Å². The van der Waals surface area contributed by atoms with Gasteiger partial charge in [-0.2, -0.15) is 0 Å². The average molecular weight is 263 g/mol. The Morgan fingerprint density at radius 1 is 1.37 bits per heavy atom. The first-order valence-corrected chi connectivity index (χ1v) is 7.34. The first-order chi connectivity index (χ1) is 9.14. The van der Waals surface area contributed by atoms with Gasteiger partial charge in [0.1, 0.15) is 5.60 Å². The SMILES string of the molecule is CCCNCc1cc(C)nc(C2(C)CCCCO2)n1. The zero-order valence-corrected chi connectivity index (χ0v) is 12.3. The molecule has 1 aliphatic heterocycles. The van der Waals surface area contributed by atoms with Crippen molar-refractivity contribution in [2.45, 2.75) is 58.6 Å². The highest BCUT2D eigenvalue weighted by Crippen LogP contribution is 2.32. The van der Waals surface area contributed by atoms with E-state index < -0.39 is 0 Å². The molecule has 0 aromatic carbocycles. The molecule has 0 radical (unpaired) electrons. The molecule has 4 heteroatoms. The van der Waals surface area contributed by atoms with Gasteiger partial charge in [-0.25, -0.2) is 9.97 Å². The van der Waals surface area contributed by atoms with E-state index in [9.17, 15) is 0 Å². The van der Waals surface area contributed by atoms with Gasteiger partial charge >= 0.3 is 0 Å². The molecule has 0 aliphatic carbocycles. The average Bonchev–Trinajstić information content (AvgIpc) is 2.39. The Balaban J connectivity index is 2.15. The predicted molar refractivity (Wildman–Crippen MR) is 75.9 cm³/mol. The number of aromatic nitrogens is 2. The van der Waals surface area contributed by atoms with Crippen molar-refractivity contribution in [2.75, 3.05) is 13.2 Å². The minimum Gasteiger partial charge on any atom is -0.367 e. The van der Waals surface area contributed by atoms with Crippen molar-refractivity contribution in [3.63, 3.8) is 0 Å². The van der Waals surface area contributed by atoms with Crippen molar-refractivity contribution in [3.05, 3.63) is 23.3 Å². The second kappa shape index (κ2) is 6.44. The molecule has 1 aromatic heterocycles. The van der Waals surface area contributed by atoms with Gasteiger partial charge in [0.25, 0.3) is 0 Å². The molecule has 1 aromatic rings. The van der Waals surface area contributed by atoms with E-state index in [0.29, 0.717) is 0 Å². The molecule has 0 bridgehead atoms. The highest BCUT2D eigenvalue weighted by Gasteiger charge is 2.33. The number of nitrogens with zero attached hydrogens (tertiary/aromatic N) is 2. The predicted octanol–water partition coefficient (Wildman–Crippen LogP) is 2.70. The number of rotatable bonds is 5. The second-order valence-electron chi connectivity index (χ2n) is 5.54. The van der Waals surface area contributed by atoms with E-state index in [1.54, 1.807) is 0 Å². The largest absolute Gasteiger partial charge is 0.367 e. The van der Waals surface area contributed by atoms with Gasteiger partial charge in [0, 0.05) is 18.8 Å². The van der Waals surface area contributed by atoms with Gasteiger partial charge in [0.2, 0.25) is 0 Å². The summed E-state index contributed by atoms with van der Waals surface area (Å²) in [6.07, 6.45) is 4.49. The van der Waals surface area contributed by atoms with Crippen LogP contribution in [0.2, 0.25) is 0 Å². The van der Waals surface area contributed by atoms with Gasteiger partial charge in [0.05, 0.1) is 5.69 Å². The fraction of sp³-hybridized carbons (Fsp3) is 0.733. The van der Waals surface area contributed by atoms with Crippen LogP contribution in [0.25, 0.3) is 0 Å². The van der Waals surface area contributed by atoms with Crippen LogP contribution in [-0.2, 0) is 16.9 Å². The second-order valence-corrected chi connectivity index (χ2v) is 5.54. The highest BCUT2D eigenvalue weighted by molar-refractivity contribution is 5.14. The van der Waals surface area contributed by atoms with Crippen molar-refractivity contribution >= 4 is 0 Å². The first kappa shape index (κ1) is 14.4. The first-order valence-electron chi connectivity index (χ1n) is 7.34. The zero-order chi connectivity index (χ0) is 13.7. The van der Waals surface area contributed by atoms with Gasteiger partial charge in [0.15, 0.2) is 5.82 Å². The van der Waals surface area contributed by atoms with E-state index in [1.165, 1.54) is 6.42 Å². The van der Waals surface area contributed by atoms with Crippen molar-refractivity contribution in [1.29, 1.82) is 0 Å². The molecule has 0 saturated carbocycles. The summed E-state index contributed by atoms with van der Waals surface area (Å²) in [4.78, 5) is 9.30. The Bertz CT molecular complexity index is 414. The molecule has 2 heterocycles. The Morgan fingerprint density at radius 3 is 2.89 bits per heavy atom. The smallest absolute Gasteiger partial charge is 0.160 e. The standard InChI is InChI=1S/C15H25N3O/c1-4-8-16-11-13-10-12(2)17-14(18-13)15(3)7-5-6-9-19-15/h10,16H,4-9,11H2,1-3H3. The minimum absolute atomic E-state index is 0.302. The molecule has 1 saturated heterocycles. The van der Waals surface area contributed by atoms with Gasteiger partial charge in [-0.05, 0) is 52.1 Å². The molecule has 0 amide bonds. The molecule has 1 aliphatic rings. The van der Waals surface area contributed by atoms with Crippen molar-refractivity contribution < 1.29 is 4.74 Å². The van der Waals surface area contributed by atoms with E-state index in [-0.39, 0.29) is 5.60 Å². The number of hydrogen-bond donors (Lipinski definition) is 1. The molecule has 1 fully saturated rings. The van der Waals surface area contributed by atoms with Crippen molar-refractivity contribution in [2.24, 2.45) is 0 Å². The summed E-state index contributed by atoms with van der Waals surface area (Å²) in [6.45, 7) is 8.95. The summed E-state index contributed by atoms with van der Waals surface area (Å²) in [5.41, 5.74) is 1.78. The lowest BCUT2D eigenvalue weighted by atomic mass is 9.95. The molecular weight excluding hydrogens is 238 g/mol. The molecule has 1 atom stereocenters. The van der Waals surface area contributed by atoms with Crippen LogP contribution in [0.1, 0.15) is 56.7 Å². The Kier molecular flexibility index (Phi) is 4.88. The lowest BCUT2D eigenvalue weighted by Gasteiger charge is -2.32. The summed E-state index contributed by atoms with van der Waals surface area (Å²) in [5.74, 6) is 0.848. The van der Waals surface area contributed by atoms with E-state index in [2.05, 4.69) is 30.2 Å². The molecule has 4 nitrogen and oxygen atoms in total. The van der Waals surface area contributed by atoms with E-state index >= 15 is 0 Å². The van der Waals surface area contributed by atoms with Crippen molar-refractivity contribution in [3.8, 4) is 0 Å². The lowest BCUT2D eigenvalue weighted by molar-refractivity contribution is -0.0762. The topological polar surface area (TPSA) is 47.0 Å². The van der Waals surface area contributed by atoms with Crippen LogP contribution in [0.4, 0.5) is 0 Å². The molecule has 19 heavy (non-hydrogen) atoms. The Hall–Kier alpha value is -1.00. The maximum Gasteiger partial charge on any atom is 0.160 e. The maximum atomic E-state index is 5.94. The van der Waals surface area contributed by atoms with Gasteiger partial charge in [-0.3, -0.25) is 0 Å². The molecular formula is C15H25N3O. The van der Waals surface area contributed by atoms with E-state index in [4.69, 9.17) is 9.72 Å². The fourth-order valence-corrected chi connectivity index (χ4v) is 2.46. The third-order valence-electron chi connectivity index (χ3n) is 3.58. The Labute approximate surface area is 116 Å². The van der Waals surface area contributed by atoms with Crippen LogP contribution >= 0.6 is 0 Å². The summed E-state index contributed by atoms with van der Waals surface area (Å²) in [5, 5.41) is 3.39. The number of aryl methyl sites for hydroxylation is 1. The summed E-state index contributed by atoms with van der Waals surface area (Å²) >= 11 is 0. The van der Waals surface area contributed by atoms with Crippen LogP contribution in [0.5, 0.6) is 0 Å². The number of ether oxygens (including phenoxy) is 1. The van der Waals surface area contributed by atoms with Crippen LogP contribution in [0, 0.1) is 6.92 Å². The number of hydrogen-bond acceptors (Lipinski definition) is 4. The molecule has 0 spiro atoms. The maximum absolute atomic E-state index is 5.94. The molecule has 106 valence electrons. The van der Waals surface area contributed by atoms with Crippen LogP contribution in [-0.4, -0.2) is 23.1 Å². The van der Waals surface area contributed by atoms with Gasteiger partial charge in [-0.15, -0.1) is 0 Å². The fourth-order valence-electron chi connectivity index (χ4n) is 2.46.